The summed E-state index contributed by atoms with van der Waals surface area (Å²) in [5.74, 6) is 0. The second-order valence-corrected chi connectivity index (χ2v) is 7.19. The summed E-state index contributed by atoms with van der Waals surface area (Å²) in [7, 11) is -3.53. The molecule has 0 saturated heterocycles. The van der Waals surface area contributed by atoms with Crippen molar-refractivity contribution < 1.29 is 8.42 Å². The second kappa shape index (κ2) is 8.32. The summed E-state index contributed by atoms with van der Waals surface area (Å²) in [6.45, 7) is 6.39. The molecule has 0 unspecified atom stereocenters. The van der Waals surface area contributed by atoms with Crippen LogP contribution in [0.5, 0.6) is 0 Å². The van der Waals surface area contributed by atoms with Crippen molar-refractivity contribution in [2.24, 2.45) is 0 Å². The molecule has 0 radical (unpaired) electrons. The Morgan fingerprint density at radius 1 is 1.29 bits per heavy atom. The number of nitrogens with zero attached hydrogens (tertiary/aromatic N) is 1. The van der Waals surface area contributed by atoms with Gasteiger partial charge in [-0.15, -0.1) is 0 Å². The molecule has 116 valence electrons. The highest BCUT2D eigenvalue weighted by Gasteiger charge is 2.12. The number of allylic oxidation sites excluding steroid dienone is 3. The highest BCUT2D eigenvalue weighted by molar-refractivity contribution is 7.89. The molecule has 0 saturated carbocycles. The van der Waals surface area contributed by atoms with E-state index in [1.807, 2.05) is 13.0 Å². The van der Waals surface area contributed by atoms with Crippen LogP contribution < -0.4 is 4.72 Å². The smallest absolute Gasteiger partial charge is 0.242 e. The van der Waals surface area contributed by atoms with Gasteiger partial charge in [0.25, 0.3) is 0 Å². The fourth-order valence-electron chi connectivity index (χ4n) is 1.62. The summed E-state index contributed by atoms with van der Waals surface area (Å²) in [5, 5.41) is 0.268. The lowest BCUT2D eigenvalue weighted by Crippen LogP contribution is -2.24. The van der Waals surface area contributed by atoms with E-state index in [2.05, 4.69) is 29.6 Å². The minimum Gasteiger partial charge on any atom is -0.243 e. The predicted octanol–water partition coefficient (Wildman–Crippen LogP) is 3.71. The van der Waals surface area contributed by atoms with Crippen molar-refractivity contribution >= 4 is 21.6 Å². The first-order valence-electron chi connectivity index (χ1n) is 6.71. The fourth-order valence-corrected chi connectivity index (χ4v) is 2.64. The summed E-state index contributed by atoms with van der Waals surface area (Å²) in [4.78, 5) is 3.88. The zero-order valence-electron chi connectivity index (χ0n) is 12.6. The first-order valence-corrected chi connectivity index (χ1v) is 8.57. The number of halogens is 1. The molecule has 0 spiro atoms. The summed E-state index contributed by atoms with van der Waals surface area (Å²) in [5.41, 5.74) is 2.45. The lowest BCUT2D eigenvalue weighted by molar-refractivity contribution is 0.585. The Hall–Kier alpha value is -1.17. The normalized spacial score (nSPS) is 12.3. The molecule has 6 heteroatoms. The first-order chi connectivity index (χ1) is 9.81. The number of sulfonamides is 1. The van der Waals surface area contributed by atoms with Gasteiger partial charge in [0.05, 0.1) is 0 Å². The number of nitrogens with one attached hydrogen (secondary N) is 1. The van der Waals surface area contributed by atoms with Crippen LogP contribution in [0.15, 0.2) is 46.5 Å². The number of hydrogen-bond acceptors (Lipinski definition) is 3. The predicted molar refractivity (Wildman–Crippen MR) is 86.9 cm³/mol. The maximum Gasteiger partial charge on any atom is 0.242 e. The van der Waals surface area contributed by atoms with Crippen LogP contribution in [0.2, 0.25) is 5.15 Å². The Kier molecular flexibility index (Phi) is 7.08. The topological polar surface area (TPSA) is 59.1 Å². The van der Waals surface area contributed by atoms with E-state index in [1.54, 1.807) is 0 Å². The van der Waals surface area contributed by atoms with Crippen molar-refractivity contribution in [3.63, 3.8) is 0 Å². The van der Waals surface area contributed by atoms with Crippen molar-refractivity contribution in [1.82, 2.24) is 9.71 Å². The van der Waals surface area contributed by atoms with Gasteiger partial charge in [0.2, 0.25) is 10.0 Å². The van der Waals surface area contributed by atoms with Gasteiger partial charge in [0.1, 0.15) is 10.0 Å². The molecule has 1 aromatic rings. The van der Waals surface area contributed by atoms with E-state index in [0.717, 1.165) is 18.4 Å². The molecule has 0 aliphatic heterocycles. The maximum atomic E-state index is 12.0. The summed E-state index contributed by atoms with van der Waals surface area (Å²) in [6.07, 6.45) is 7.20. The van der Waals surface area contributed by atoms with Gasteiger partial charge in [-0.1, -0.05) is 34.9 Å². The van der Waals surface area contributed by atoms with Gasteiger partial charge in [-0.2, -0.15) is 0 Å². The van der Waals surface area contributed by atoms with Crippen LogP contribution in [-0.2, 0) is 10.0 Å². The van der Waals surface area contributed by atoms with E-state index < -0.39 is 10.0 Å². The minimum atomic E-state index is -3.53. The molecule has 0 fully saturated rings. The van der Waals surface area contributed by atoms with Gasteiger partial charge < -0.3 is 0 Å². The van der Waals surface area contributed by atoms with E-state index >= 15 is 0 Å². The Morgan fingerprint density at radius 2 is 2.00 bits per heavy atom. The molecule has 0 bridgehead atoms. The average molecular weight is 329 g/mol. The quantitative estimate of drug-likeness (QED) is 0.613. The number of rotatable bonds is 7. The van der Waals surface area contributed by atoms with Gasteiger partial charge in [-0.05, 0) is 45.7 Å². The van der Waals surface area contributed by atoms with Crippen molar-refractivity contribution in [1.29, 1.82) is 0 Å². The number of hydrogen-bond donors (Lipinski definition) is 1. The van der Waals surface area contributed by atoms with Gasteiger partial charge in [0.15, 0.2) is 0 Å². The largest absolute Gasteiger partial charge is 0.243 e. The second-order valence-electron chi connectivity index (χ2n) is 5.04. The minimum absolute atomic E-state index is 0.113. The van der Waals surface area contributed by atoms with Gasteiger partial charge >= 0.3 is 0 Å². The number of aromatic nitrogens is 1. The third-order valence-electron chi connectivity index (χ3n) is 2.83. The van der Waals surface area contributed by atoms with Crippen LogP contribution in [0.25, 0.3) is 0 Å². The Balaban J connectivity index is 2.54. The van der Waals surface area contributed by atoms with E-state index in [9.17, 15) is 8.42 Å². The standard InChI is InChI=1S/C15H21ClN2O2S/c1-12(2)5-4-6-13(3)9-10-18-21(19,20)14-7-8-15(16)17-11-14/h5,7-9,11,18H,4,6,10H2,1-3H3/b13-9+. The SMILES string of the molecule is CC(C)=CCC/C(C)=C/CNS(=O)(=O)c1ccc(Cl)nc1. The van der Waals surface area contributed by atoms with Gasteiger partial charge in [0, 0.05) is 12.7 Å². The van der Waals surface area contributed by atoms with Crippen molar-refractivity contribution in [2.45, 2.75) is 38.5 Å². The van der Waals surface area contributed by atoms with E-state index in [4.69, 9.17) is 11.6 Å². The van der Waals surface area contributed by atoms with Crippen molar-refractivity contribution in [2.75, 3.05) is 6.54 Å². The van der Waals surface area contributed by atoms with E-state index in [0.29, 0.717) is 0 Å². The highest BCUT2D eigenvalue weighted by atomic mass is 35.5. The Bertz CT molecular complexity index is 616. The third kappa shape index (κ3) is 6.89. The molecular formula is C15H21ClN2O2S. The molecule has 0 aliphatic carbocycles. The lowest BCUT2D eigenvalue weighted by Gasteiger charge is -2.05. The molecule has 1 heterocycles. The fraction of sp³-hybridized carbons (Fsp3) is 0.400. The molecule has 0 atom stereocenters. The van der Waals surface area contributed by atoms with E-state index in [1.165, 1.54) is 23.9 Å². The van der Waals surface area contributed by atoms with Gasteiger partial charge in [-0.25, -0.2) is 18.1 Å². The van der Waals surface area contributed by atoms with Crippen LogP contribution in [0.1, 0.15) is 33.6 Å². The van der Waals surface area contributed by atoms with Crippen LogP contribution in [0, 0.1) is 0 Å². The maximum absolute atomic E-state index is 12.0. The van der Waals surface area contributed by atoms with Crippen molar-refractivity contribution in [3.8, 4) is 0 Å². The molecule has 1 N–H and O–H groups in total. The van der Waals surface area contributed by atoms with Crippen molar-refractivity contribution in [3.05, 3.63) is 46.8 Å². The molecule has 0 aromatic carbocycles. The van der Waals surface area contributed by atoms with Crippen LogP contribution in [-0.4, -0.2) is 19.9 Å². The van der Waals surface area contributed by atoms with E-state index in [-0.39, 0.29) is 16.6 Å². The molecule has 1 aromatic heterocycles. The Morgan fingerprint density at radius 3 is 2.57 bits per heavy atom. The summed E-state index contributed by atoms with van der Waals surface area (Å²) >= 11 is 5.64. The average Bonchev–Trinajstić information content (AvgIpc) is 2.38. The molecule has 0 amide bonds. The number of pyridine rings is 1. The molecule has 4 nitrogen and oxygen atoms in total. The Labute approximate surface area is 132 Å². The lowest BCUT2D eigenvalue weighted by atomic mass is 10.1. The molecule has 1 rings (SSSR count). The van der Waals surface area contributed by atoms with Crippen LogP contribution >= 0.6 is 11.6 Å². The molecule has 0 aliphatic rings. The van der Waals surface area contributed by atoms with Gasteiger partial charge in [-0.3, -0.25) is 0 Å². The zero-order chi connectivity index (χ0) is 15.9. The third-order valence-corrected chi connectivity index (χ3v) is 4.46. The summed E-state index contributed by atoms with van der Waals surface area (Å²) in [6, 6.07) is 2.89. The molecule has 21 heavy (non-hydrogen) atoms. The van der Waals surface area contributed by atoms with Crippen LogP contribution in [0.3, 0.4) is 0 Å². The summed E-state index contributed by atoms with van der Waals surface area (Å²) < 4.78 is 26.5. The highest BCUT2D eigenvalue weighted by Crippen LogP contribution is 2.11. The monoisotopic (exact) mass is 328 g/mol. The zero-order valence-corrected chi connectivity index (χ0v) is 14.1. The van der Waals surface area contributed by atoms with Crippen LogP contribution in [0.4, 0.5) is 0 Å². The molecular weight excluding hydrogens is 308 g/mol. The first kappa shape index (κ1) is 17.9.